The molecule has 1 aromatic carbocycles. The minimum atomic E-state index is -0.681. The maximum Gasteiger partial charge on any atom is 0.328 e. The van der Waals surface area contributed by atoms with Crippen LogP contribution in [-0.2, 0) is 7.05 Å². The maximum atomic E-state index is 11.7. The van der Waals surface area contributed by atoms with E-state index >= 15 is 0 Å². The first-order valence-corrected chi connectivity index (χ1v) is 4.58. The lowest BCUT2D eigenvalue weighted by Crippen LogP contribution is -2.32. The predicted molar refractivity (Wildman–Crippen MR) is 60.9 cm³/mol. The highest BCUT2D eigenvalue weighted by Crippen LogP contribution is 2.24. The van der Waals surface area contributed by atoms with Gasteiger partial charge in [0.25, 0.3) is 11.2 Å². The molecule has 3 N–H and O–H groups in total. The SMILES string of the molecule is Cn1c(=O)[nH]c2cc(N)c([N+](=O)[O-])cc2c1=O. The molecule has 0 spiro atoms. The Bertz CT molecular complexity index is 743. The van der Waals surface area contributed by atoms with Gasteiger partial charge in [0.2, 0.25) is 0 Å². The molecule has 0 aliphatic carbocycles. The van der Waals surface area contributed by atoms with E-state index in [2.05, 4.69) is 4.98 Å². The second-order valence-electron chi connectivity index (χ2n) is 3.51. The van der Waals surface area contributed by atoms with E-state index in [0.29, 0.717) is 0 Å². The van der Waals surface area contributed by atoms with Crippen LogP contribution in [0.15, 0.2) is 21.7 Å². The highest BCUT2D eigenvalue weighted by Gasteiger charge is 2.15. The van der Waals surface area contributed by atoms with Crippen LogP contribution in [0.4, 0.5) is 11.4 Å². The van der Waals surface area contributed by atoms with Crippen LogP contribution in [0.1, 0.15) is 0 Å². The Kier molecular flexibility index (Phi) is 2.20. The summed E-state index contributed by atoms with van der Waals surface area (Å²) >= 11 is 0. The number of nitrogens with two attached hydrogens (primary N) is 1. The van der Waals surface area contributed by atoms with Crippen molar-refractivity contribution in [2.24, 2.45) is 7.05 Å². The zero-order valence-corrected chi connectivity index (χ0v) is 8.76. The lowest BCUT2D eigenvalue weighted by atomic mass is 10.2. The zero-order chi connectivity index (χ0) is 12.7. The average Bonchev–Trinajstić information content (AvgIpc) is 2.25. The number of aromatic amines is 1. The summed E-state index contributed by atoms with van der Waals surface area (Å²) < 4.78 is 0.836. The molecule has 0 fully saturated rings. The van der Waals surface area contributed by atoms with Gasteiger partial charge in [-0.05, 0) is 6.07 Å². The molecule has 0 aliphatic heterocycles. The summed E-state index contributed by atoms with van der Waals surface area (Å²) in [7, 11) is 1.28. The number of benzene rings is 1. The molecule has 0 radical (unpaired) electrons. The molecule has 2 rings (SSSR count). The number of nitrogens with one attached hydrogen (secondary N) is 1. The normalized spacial score (nSPS) is 10.6. The molecule has 0 amide bonds. The lowest BCUT2D eigenvalue weighted by molar-refractivity contribution is -0.383. The molecule has 0 saturated carbocycles. The van der Waals surface area contributed by atoms with Crippen molar-refractivity contribution in [1.82, 2.24) is 9.55 Å². The summed E-state index contributed by atoms with van der Waals surface area (Å²) in [6.45, 7) is 0. The summed E-state index contributed by atoms with van der Waals surface area (Å²) in [5, 5.41) is 10.7. The molecule has 0 unspecified atom stereocenters. The van der Waals surface area contributed by atoms with E-state index in [4.69, 9.17) is 5.73 Å². The zero-order valence-electron chi connectivity index (χ0n) is 8.76. The van der Waals surface area contributed by atoms with E-state index in [0.717, 1.165) is 10.6 Å². The molecule has 2 aromatic rings. The molecular formula is C9H8N4O4. The number of hydrogen-bond donors (Lipinski definition) is 2. The third kappa shape index (κ3) is 1.55. The summed E-state index contributed by atoms with van der Waals surface area (Å²) in [4.78, 5) is 35.4. The van der Waals surface area contributed by atoms with Crippen molar-refractivity contribution in [3.8, 4) is 0 Å². The first-order valence-electron chi connectivity index (χ1n) is 4.58. The van der Waals surface area contributed by atoms with Gasteiger partial charge in [0.15, 0.2) is 0 Å². The summed E-state index contributed by atoms with van der Waals surface area (Å²) in [6.07, 6.45) is 0. The van der Waals surface area contributed by atoms with Gasteiger partial charge in [-0.3, -0.25) is 19.5 Å². The van der Waals surface area contributed by atoms with Crippen molar-refractivity contribution < 1.29 is 4.92 Å². The second kappa shape index (κ2) is 3.44. The van der Waals surface area contributed by atoms with E-state index in [1.54, 1.807) is 0 Å². The number of nitro groups is 1. The first kappa shape index (κ1) is 10.9. The van der Waals surface area contributed by atoms with Gasteiger partial charge in [-0.15, -0.1) is 0 Å². The molecule has 0 saturated heterocycles. The Labute approximate surface area is 93.4 Å². The number of anilines is 1. The van der Waals surface area contributed by atoms with Crippen molar-refractivity contribution in [3.63, 3.8) is 0 Å². The van der Waals surface area contributed by atoms with Crippen molar-refractivity contribution in [2.75, 3.05) is 5.73 Å². The van der Waals surface area contributed by atoms with Crippen molar-refractivity contribution in [1.29, 1.82) is 0 Å². The van der Waals surface area contributed by atoms with Gasteiger partial charge in [-0.25, -0.2) is 4.79 Å². The van der Waals surface area contributed by atoms with Crippen LogP contribution in [0.2, 0.25) is 0 Å². The van der Waals surface area contributed by atoms with Crippen LogP contribution in [0.25, 0.3) is 10.9 Å². The number of H-pyrrole nitrogens is 1. The number of nitrogens with zero attached hydrogens (tertiary/aromatic N) is 2. The number of nitro benzene ring substituents is 1. The number of aromatic nitrogens is 2. The van der Waals surface area contributed by atoms with Gasteiger partial charge in [0.1, 0.15) is 5.69 Å². The second-order valence-corrected chi connectivity index (χ2v) is 3.51. The van der Waals surface area contributed by atoms with Crippen molar-refractivity contribution in [3.05, 3.63) is 43.1 Å². The van der Waals surface area contributed by atoms with Crippen LogP contribution in [0.3, 0.4) is 0 Å². The third-order valence-electron chi connectivity index (χ3n) is 2.44. The van der Waals surface area contributed by atoms with Crippen LogP contribution in [0.5, 0.6) is 0 Å². The number of fused-ring (bicyclic) bond motifs is 1. The van der Waals surface area contributed by atoms with Crippen LogP contribution < -0.4 is 17.0 Å². The molecule has 17 heavy (non-hydrogen) atoms. The quantitative estimate of drug-likeness (QED) is 0.400. The fourth-order valence-corrected chi connectivity index (χ4v) is 1.52. The number of hydrogen-bond acceptors (Lipinski definition) is 5. The number of rotatable bonds is 1. The van der Waals surface area contributed by atoms with E-state index < -0.39 is 16.2 Å². The van der Waals surface area contributed by atoms with Crippen LogP contribution in [0, 0.1) is 10.1 Å². The summed E-state index contributed by atoms with van der Waals surface area (Å²) in [6, 6.07) is 2.26. The molecular weight excluding hydrogens is 228 g/mol. The third-order valence-corrected chi connectivity index (χ3v) is 2.44. The van der Waals surface area contributed by atoms with Gasteiger partial charge in [-0.1, -0.05) is 0 Å². The molecule has 0 aliphatic rings. The summed E-state index contributed by atoms with van der Waals surface area (Å²) in [5.74, 6) is 0. The standard InChI is InChI=1S/C9H8N4O4/c1-12-8(14)4-2-7(13(16)17)5(10)3-6(4)11-9(12)15/h2-3H,10H2,1H3,(H,11,15). The Morgan fingerprint density at radius 3 is 2.65 bits per heavy atom. The minimum Gasteiger partial charge on any atom is -0.393 e. The molecule has 8 nitrogen and oxygen atoms in total. The topological polar surface area (TPSA) is 124 Å². The fraction of sp³-hybridized carbons (Fsp3) is 0.111. The molecule has 1 heterocycles. The molecule has 1 aromatic heterocycles. The van der Waals surface area contributed by atoms with Gasteiger partial charge >= 0.3 is 5.69 Å². The fourth-order valence-electron chi connectivity index (χ4n) is 1.52. The molecule has 88 valence electrons. The van der Waals surface area contributed by atoms with E-state index in [1.807, 2.05) is 0 Å². The lowest BCUT2D eigenvalue weighted by Gasteiger charge is -2.02. The average molecular weight is 236 g/mol. The monoisotopic (exact) mass is 236 g/mol. The van der Waals surface area contributed by atoms with E-state index in [1.165, 1.54) is 13.1 Å². The van der Waals surface area contributed by atoms with Gasteiger partial charge in [-0.2, -0.15) is 0 Å². The van der Waals surface area contributed by atoms with Gasteiger partial charge in [0, 0.05) is 13.1 Å². The predicted octanol–water partition coefficient (Wildman–Crippen LogP) is -0.283. The van der Waals surface area contributed by atoms with Gasteiger partial charge < -0.3 is 10.7 Å². The first-order chi connectivity index (χ1) is 7.91. The smallest absolute Gasteiger partial charge is 0.328 e. The van der Waals surface area contributed by atoms with Crippen molar-refractivity contribution >= 4 is 22.3 Å². The Hall–Kier alpha value is -2.64. The Morgan fingerprint density at radius 1 is 1.41 bits per heavy atom. The molecule has 8 heteroatoms. The molecule has 0 bridgehead atoms. The minimum absolute atomic E-state index is 0.0491. The maximum absolute atomic E-state index is 11.7. The van der Waals surface area contributed by atoms with Crippen molar-refractivity contribution in [2.45, 2.75) is 0 Å². The Balaban J connectivity index is 3.00. The number of nitrogen functional groups attached to an aromatic ring is 1. The summed E-state index contributed by atoms with van der Waals surface area (Å²) in [5.41, 5.74) is 3.96. The molecule has 0 atom stereocenters. The van der Waals surface area contributed by atoms with Crippen LogP contribution >= 0.6 is 0 Å². The highest BCUT2D eigenvalue weighted by atomic mass is 16.6. The van der Waals surface area contributed by atoms with E-state index in [-0.39, 0.29) is 22.3 Å². The Morgan fingerprint density at radius 2 is 2.06 bits per heavy atom. The highest BCUT2D eigenvalue weighted by molar-refractivity contribution is 5.85. The van der Waals surface area contributed by atoms with Crippen LogP contribution in [-0.4, -0.2) is 14.5 Å². The van der Waals surface area contributed by atoms with Gasteiger partial charge in [0.05, 0.1) is 15.8 Å². The van der Waals surface area contributed by atoms with E-state index in [9.17, 15) is 19.7 Å². The largest absolute Gasteiger partial charge is 0.393 e.